The molecule has 3 fully saturated rings. The Bertz CT molecular complexity index is 851. The van der Waals surface area contributed by atoms with Gasteiger partial charge in [0.25, 0.3) is 17.7 Å². The van der Waals surface area contributed by atoms with E-state index in [4.69, 9.17) is 0 Å². The minimum Gasteiger partial charge on any atom is -0.272 e. The maximum Gasteiger partial charge on any atom is 0.291 e. The molecule has 4 atom stereocenters. The number of allylic oxidation sites excluding steroid dienone is 2. The third-order valence-electron chi connectivity index (χ3n) is 6.54. The van der Waals surface area contributed by atoms with E-state index in [-0.39, 0.29) is 46.6 Å². The van der Waals surface area contributed by atoms with Gasteiger partial charge in [0.2, 0.25) is 0 Å². The van der Waals surface area contributed by atoms with Crippen LogP contribution in [0, 0.1) is 36.0 Å². The summed E-state index contributed by atoms with van der Waals surface area (Å²) in [5.41, 5.74) is 3.59. The lowest BCUT2D eigenvalue weighted by molar-refractivity contribution is -0.144. The first-order chi connectivity index (χ1) is 11.9. The quantitative estimate of drug-likeness (QED) is 0.595. The number of carbonyl (C=O) groups excluding carboxylic acids is 3. The number of rotatable bonds is 2. The lowest BCUT2D eigenvalue weighted by atomic mass is 9.85. The third kappa shape index (κ3) is 1.71. The van der Waals surface area contributed by atoms with Gasteiger partial charge >= 0.3 is 0 Å². The zero-order valence-electron chi connectivity index (χ0n) is 13.8. The molecule has 1 aliphatic heterocycles. The number of nitrogens with zero attached hydrogens (tertiary/aromatic N) is 3. The Morgan fingerprint density at radius 2 is 1.80 bits per heavy atom. The SMILES string of the molecule is Cc1c(Br)c(C(=O)NN2C(=O)[C@H]3[C@H](C2=O)[C@H]2C=C[C@H]3C23CC3)nn1C. The number of halogens is 1. The summed E-state index contributed by atoms with van der Waals surface area (Å²) in [6.07, 6.45) is 6.40. The largest absolute Gasteiger partial charge is 0.291 e. The van der Waals surface area contributed by atoms with Crippen LogP contribution in [0.1, 0.15) is 29.0 Å². The molecule has 0 unspecified atom stereocenters. The van der Waals surface area contributed by atoms with Gasteiger partial charge in [-0.25, -0.2) is 0 Å². The van der Waals surface area contributed by atoms with Crippen LogP contribution in [-0.2, 0) is 16.6 Å². The van der Waals surface area contributed by atoms with E-state index in [1.807, 2.05) is 6.92 Å². The molecule has 0 radical (unpaired) electrons. The van der Waals surface area contributed by atoms with E-state index >= 15 is 0 Å². The zero-order valence-corrected chi connectivity index (χ0v) is 15.4. The van der Waals surface area contributed by atoms with Gasteiger partial charge in [-0.2, -0.15) is 10.1 Å². The highest BCUT2D eigenvalue weighted by Gasteiger charge is 2.73. The van der Waals surface area contributed by atoms with Crippen LogP contribution in [0.3, 0.4) is 0 Å². The summed E-state index contributed by atoms with van der Waals surface area (Å²) >= 11 is 3.34. The third-order valence-corrected chi connectivity index (χ3v) is 7.49. The van der Waals surface area contributed by atoms with Gasteiger partial charge in [-0.15, -0.1) is 0 Å². The van der Waals surface area contributed by atoms with E-state index in [0.717, 1.165) is 23.5 Å². The molecule has 2 saturated carbocycles. The second-order valence-electron chi connectivity index (χ2n) is 7.55. The van der Waals surface area contributed by atoms with Crippen molar-refractivity contribution in [3.8, 4) is 0 Å². The van der Waals surface area contributed by atoms with E-state index < -0.39 is 5.91 Å². The molecule has 2 heterocycles. The average Bonchev–Trinajstić information content (AvgIpc) is 3.11. The van der Waals surface area contributed by atoms with Gasteiger partial charge in [0.15, 0.2) is 5.69 Å². The van der Waals surface area contributed by atoms with Crippen molar-refractivity contribution >= 4 is 33.7 Å². The number of aryl methyl sites for hydroxylation is 1. The monoisotopic (exact) mass is 404 g/mol. The Morgan fingerprint density at radius 1 is 1.24 bits per heavy atom. The van der Waals surface area contributed by atoms with Crippen LogP contribution in [0.15, 0.2) is 16.6 Å². The van der Waals surface area contributed by atoms with Gasteiger partial charge in [0.1, 0.15) is 0 Å². The van der Waals surface area contributed by atoms with E-state index in [0.29, 0.717) is 4.47 Å². The molecule has 1 saturated heterocycles. The number of carbonyl (C=O) groups is 3. The van der Waals surface area contributed by atoms with Crippen LogP contribution in [0.25, 0.3) is 0 Å². The number of amides is 3. The molecule has 1 aromatic heterocycles. The maximum atomic E-state index is 12.8. The smallest absolute Gasteiger partial charge is 0.272 e. The summed E-state index contributed by atoms with van der Waals surface area (Å²) in [7, 11) is 1.73. The Labute approximate surface area is 152 Å². The van der Waals surface area contributed by atoms with Crippen LogP contribution >= 0.6 is 15.9 Å². The van der Waals surface area contributed by atoms with E-state index in [9.17, 15) is 14.4 Å². The van der Waals surface area contributed by atoms with E-state index in [2.05, 4.69) is 38.6 Å². The van der Waals surface area contributed by atoms with Crippen molar-refractivity contribution in [1.29, 1.82) is 0 Å². The van der Waals surface area contributed by atoms with Crippen molar-refractivity contribution in [3.05, 3.63) is 28.0 Å². The minimum absolute atomic E-state index is 0.143. The van der Waals surface area contributed by atoms with Crippen LogP contribution < -0.4 is 5.43 Å². The molecule has 2 bridgehead atoms. The average molecular weight is 405 g/mol. The maximum absolute atomic E-state index is 12.8. The summed E-state index contributed by atoms with van der Waals surface area (Å²) in [4.78, 5) is 38.2. The van der Waals surface area contributed by atoms with Gasteiger partial charge in [-0.3, -0.25) is 24.5 Å². The Balaban J connectivity index is 1.42. The normalized spacial score (nSPS) is 33.5. The van der Waals surface area contributed by atoms with Crippen molar-refractivity contribution in [2.45, 2.75) is 19.8 Å². The summed E-state index contributed by atoms with van der Waals surface area (Å²) in [5.74, 6) is -1.48. The number of fused-ring (bicyclic) bond motifs is 3. The van der Waals surface area contributed by atoms with Gasteiger partial charge in [0.05, 0.1) is 22.0 Å². The van der Waals surface area contributed by atoms with Crippen LogP contribution in [-0.4, -0.2) is 32.5 Å². The number of nitrogens with one attached hydrogen (secondary N) is 1. The topological polar surface area (TPSA) is 84.3 Å². The summed E-state index contributed by atoms with van der Waals surface area (Å²) in [6.45, 7) is 1.82. The highest BCUT2D eigenvalue weighted by atomic mass is 79.9. The molecule has 1 N–H and O–H groups in total. The van der Waals surface area contributed by atoms with Crippen LogP contribution in [0.5, 0.6) is 0 Å². The first kappa shape index (κ1) is 15.3. The highest BCUT2D eigenvalue weighted by Crippen LogP contribution is 2.73. The fraction of sp³-hybridized carbons (Fsp3) is 0.529. The first-order valence-corrected chi connectivity index (χ1v) is 9.22. The Morgan fingerprint density at radius 3 is 2.24 bits per heavy atom. The molecule has 1 spiro atoms. The lowest BCUT2D eigenvalue weighted by Gasteiger charge is -2.21. The zero-order chi connectivity index (χ0) is 17.7. The van der Waals surface area contributed by atoms with Crippen molar-refractivity contribution in [2.24, 2.45) is 36.1 Å². The van der Waals surface area contributed by atoms with E-state index in [1.165, 1.54) is 0 Å². The molecule has 1 aromatic rings. The van der Waals surface area contributed by atoms with Crippen LogP contribution in [0.2, 0.25) is 0 Å². The molecule has 25 heavy (non-hydrogen) atoms. The number of aromatic nitrogens is 2. The van der Waals surface area contributed by atoms with Gasteiger partial charge < -0.3 is 0 Å². The first-order valence-electron chi connectivity index (χ1n) is 8.43. The molecule has 3 amide bonds. The summed E-state index contributed by atoms with van der Waals surface area (Å²) in [5, 5.41) is 5.07. The fourth-order valence-electron chi connectivity index (χ4n) is 5.07. The number of imide groups is 1. The van der Waals surface area contributed by atoms with Crippen molar-refractivity contribution < 1.29 is 14.4 Å². The molecule has 4 aliphatic rings. The molecule has 0 aromatic carbocycles. The Hall–Kier alpha value is -1.96. The molecule has 7 nitrogen and oxygen atoms in total. The fourth-order valence-corrected chi connectivity index (χ4v) is 5.59. The van der Waals surface area contributed by atoms with Crippen molar-refractivity contribution in [2.75, 3.05) is 0 Å². The van der Waals surface area contributed by atoms with Gasteiger partial charge in [-0.1, -0.05) is 12.2 Å². The summed E-state index contributed by atoms with van der Waals surface area (Å²) in [6, 6.07) is 0. The molecular formula is C17H17BrN4O3. The second kappa shape index (κ2) is 4.60. The lowest BCUT2D eigenvalue weighted by Crippen LogP contribution is -2.48. The van der Waals surface area contributed by atoms with Crippen molar-refractivity contribution in [1.82, 2.24) is 20.2 Å². The number of hydrogen-bond acceptors (Lipinski definition) is 4. The molecule has 8 heteroatoms. The minimum atomic E-state index is -0.557. The number of hydrogen-bond donors (Lipinski definition) is 1. The summed E-state index contributed by atoms with van der Waals surface area (Å²) < 4.78 is 2.13. The van der Waals surface area contributed by atoms with Crippen LogP contribution in [0.4, 0.5) is 0 Å². The van der Waals surface area contributed by atoms with E-state index in [1.54, 1.807) is 11.7 Å². The highest BCUT2D eigenvalue weighted by molar-refractivity contribution is 9.10. The standard InChI is InChI=1S/C17H17BrN4O3/c1-7-12(18)13(19-21(7)2)14(23)20-22-15(24)10-8-3-4-9(11(10)16(22)25)17(8)5-6-17/h3-4,8-11H,5-6H2,1-2H3,(H,20,23)/t8-,9-,10-,11-/m1/s1. The molecule has 3 aliphatic carbocycles. The second-order valence-corrected chi connectivity index (χ2v) is 8.34. The predicted octanol–water partition coefficient (Wildman–Crippen LogP) is 1.33. The number of hydrazine groups is 1. The van der Waals surface area contributed by atoms with Gasteiger partial charge in [-0.05, 0) is 52.9 Å². The molecule has 130 valence electrons. The predicted molar refractivity (Wildman–Crippen MR) is 89.7 cm³/mol. The Kier molecular flexibility index (Phi) is 2.82. The molecule has 5 rings (SSSR count). The molecular weight excluding hydrogens is 388 g/mol. The van der Waals surface area contributed by atoms with Crippen molar-refractivity contribution in [3.63, 3.8) is 0 Å². The van der Waals surface area contributed by atoms with Gasteiger partial charge in [0, 0.05) is 7.05 Å².